The van der Waals surface area contributed by atoms with E-state index in [2.05, 4.69) is 12.6 Å². The van der Waals surface area contributed by atoms with Crippen LogP contribution in [0.5, 0.6) is 0 Å². The van der Waals surface area contributed by atoms with Gasteiger partial charge in [0.2, 0.25) is 0 Å². The van der Waals surface area contributed by atoms with Crippen molar-refractivity contribution < 1.29 is 0 Å². The smallest absolute Gasteiger partial charge is 0.0866 e. The van der Waals surface area contributed by atoms with Crippen molar-refractivity contribution in [1.29, 1.82) is 5.26 Å². The van der Waals surface area contributed by atoms with E-state index in [9.17, 15) is 0 Å². The Hall–Kier alpha value is -1.04. The molecule has 0 aromatic heterocycles. The second-order valence-electron chi connectivity index (χ2n) is 3.00. The number of allylic oxidation sites excluding steroid dienone is 3. The highest BCUT2D eigenvalue weighted by Gasteiger charge is 1.99. The third-order valence-corrected chi connectivity index (χ3v) is 1.62. The quantitative estimate of drug-likeness (QED) is 0.516. The van der Waals surface area contributed by atoms with Crippen LogP contribution in [-0.4, -0.2) is 25.0 Å². The van der Waals surface area contributed by atoms with Crippen molar-refractivity contribution in [1.82, 2.24) is 4.90 Å². The predicted molar refractivity (Wildman–Crippen MR) is 61.0 cm³/mol. The summed E-state index contributed by atoms with van der Waals surface area (Å²) in [4.78, 5) is 1.91. The number of rotatable bonds is 5. The monoisotopic (exact) mass is 210 g/mol. The lowest BCUT2D eigenvalue weighted by Gasteiger charge is -2.12. The van der Waals surface area contributed by atoms with Gasteiger partial charge in [-0.25, -0.2) is 0 Å². The van der Waals surface area contributed by atoms with E-state index in [0.29, 0.717) is 18.1 Å². The molecule has 3 heteroatoms. The topological polar surface area (TPSA) is 27.0 Å². The third-order valence-electron chi connectivity index (χ3n) is 1.52. The van der Waals surface area contributed by atoms with Crippen molar-refractivity contribution in [2.45, 2.75) is 6.92 Å². The molecular formula is C11H15ClN2. The molecule has 0 aliphatic rings. The molecule has 0 aliphatic carbocycles. The molecule has 0 fully saturated rings. The lowest BCUT2D eigenvalue weighted by molar-refractivity contribution is 0.410. The summed E-state index contributed by atoms with van der Waals surface area (Å²) in [6, 6.07) is 2.09. The average molecular weight is 211 g/mol. The molecule has 0 aromatic carbocycles. The van der Waals surface area contributed by atoms with Crippen LogP contribution in [0.2, 0.25) is 0 Å². The van der Waals surface area contributed by atoms with Crippen LogP contribution in [0.1, 0.15) is 6.92 Å². The minimum atomic E-state index is 0.406. The van der Waals surface area contributed by atoms with E-state index in [1.807, 2.05) is 31.0 Å². The van der Waals surface area contributed by atoms with Gasteiger partial charge in [-0.1, -0.05) is 30.3 Å². The zero-order valence-corrected chi connectivity index (χ0v) is 9.38. The number of hydrogen-bond acceptors (Lipinski definition) is 2. The van der Waals surface area contributed by atoms with Crippen LogP contribution in [0.3, 0.4) is 0 Å². The summed E-state index contributed by atoms with van der Waals surface area (Å²) >= 11 is 5.68. The lowest BCUT2D eigenvalue weighted by Crippen LogP contribution is -2.20. The second kappa shape index (κ2) is 7.37. The van der Waals surface area contributed by atoms with Gasteiger partial charge in [0, 0.05) is 11.6 Å². The molecule has 0 heterocycles. The van der Waals surface area contributed by atoms with Crippen LogP contribution >= 0.6 is 11.6 Å². The van der Waals surface area contributed by atoms with Gasteiger partial charge in [0.1, 0.15) is 0 Å². The zero-order chi connectivity index (χ0) is 11.0. The minimum absolute atomic E-state index is 0.406. The summed E-state index contributed by atoms with van der Waals surface area (Å²) in [5, 5.41) is 8.99. The highest BCUT2D eigenvalue weighted by atomic mass is 35.5. The summed E-state index contributed by atoms with van der Waals surface area (Å²) < 4.78 is 0. The van der Waals surface area contributed by atoms with E-state index in [0.717, 1.165) is 5.57 Å². The molecular weight excluding hydrogens is 196 g/mol. The molecule has 0 unspecified atom stereocenters. The van der Waals surface area contributed by atoms with E-state index in [-0.39, 0.29) is 0 Å². The maximum atomic E-state index is 8.49. The molecule has 0 aliphatic heterocycles. The first-order chi connectivity index (χ1) is 6.60. The van der Waals surface area contributed by atoms with Gasteiger partial charge in [-0.15, -0.1) is 0 Å². The van der Waals surface area contributed by atoms with E-state index >= 15 is 0 Å². The van der Waals surface area contributed by atoms with Gasteiger partial charge in [-0.05, 0) is 25.6 Å². The maximum Gasteiger partial charge on any atom is 0.0866 e. The average Bonchev–Trinajstić information content (AvgIpc) is 2.03. The molecule has 0 spiro atoms. The molecule has 0 N–H and O–H groups in total. The first-order valence-electron chi connectivity index (χ1n) is 4.33. The van der Waals surface area contributed by atoms with E-state index in [4.69, 9.17) is 16.9 Å². The summed E-state index contributed by atoms with van der Waals surface area (Å²) in [6.45, 7) is 6.65. The van der Waals surface area contributed by atoms with Gasteiger partial charge in [-0.3, -0.25) is 4.90 Å². The van der Waals surface area contributed by atoms with Crippen LogP contribution in [0, 0.1) is 11.3 Å². The van der Waals surface area contributed by atoms with Crippen LogP contribution in [-0.2, 0) is 0 Å². The molecule has 0 bridgehead atoms. The Morgan fingerprint density at radius 2 is 2.29 bits per heavy atom. The van der Waals surface area contributed by atoms with Gasteiger partial charge < -0.3 is 0 Å². The Kier molecular flexibility index (Phi) is 6.82. The minimum Gasteiger partial charge on any atom is -0.289 e. The van der Waals surface area contributed by atoms with Gasteiger partial charge in [0.05, 0.1) is 12.6 Å². The highest BCUT2D eigenvalue weighted by molar-refractivity contribution is 6.30. The van der Waals surface area contributed by atoms with Crippen LogP contribution in [0.25, 0.3) is 0 Å². The molecule has 0 saturated heterocycles. The predicted octanol–water partition coefficient (Wildman–Crippen LogP) is 2.70. The SMILES string of the molecule is C=C(Cl)/C=C(\C=C/C)CN(C)CC#N. The zero-order valence-electron chi connectivity index (χ0n) is 8.63. The number of likely N-dealkylation sites (N-methyl/N-ethyl adjacent to an activating group) is 1. The van der Waals surface area contributed by atoms with Crippen molar-refractivity contribution >= 4 is 11.6 Å². The maximum absolute atomic E-state index is 8.49. The normalized spacial score (nSPS) is 12.1. The van der Waals surface area contributed by atoms with E-state index < -0.39 is 0 Å². The van der Waals surface area contributed by atoms with Crippen LogP contribution < -0.4 is 0 Å². The highest BCUT2D eigenvalue weighted by Crippen LogP contribution is 2.07. The van der Waals surface area contributed by atoms with Gasteiger partial charge in [0.15, 0.2) is 0 Å². The van der Waals surface area contributed by atoms with Gasteiger partial charge in [0.25, 0.3) is 0 Å². The molecule has 2 nitrogen and oxygen atoms in total. The lowest BCUT2D eigenvalue weighted by atomic mass is 10.2. The van der Waals surface area contributed by atoms with Gasteiger partial charge >= 0.3 is 0 Å². The van der Waals surface area contributed by atoms with Crippen molar-refractivity contribution in [3.8, 4) is 6.07 Å². The number of hydrogen-bond donors (Lipinski definition) is 0. The number of nitrogens with zero attached hydrogens (tertiary/aromatic N) is 2. The number of nitriles is 1. The molecule has 0 atom stereocenters. The van der Waals surface area contributed by atoms with E-state index in [1.165, 1.54) is 0 Å². The Morgan fingerprint density at radius 1 is 1.64 bits per heavy atom. The number of halogens is 1. The fourth-order valence-electron chi connectivity index (χ4n) is 1.05. The van der Waals surface area contributed by atoms with E-state index in [1.54, 1.807) is 6.08 Å². The molecule has 14 heavy (non-hydrogen) atoms. The van der Waals surface area contributed by atoms with Crippen molar-refractivity contribution in [3.05, 3.63) is 35.4 Å². The second-order valence-corrected chi connectivity index (χ2v) is 3.48. The Balaban J connectivity index is 4.39. The molecule has 0 aromatic rings. The summed E-state index contributed by atoms with van der Waals surface area (Å²) in [6.07, 6.45) is 5.70. The van der Waals surface area contributed by atoms with Crippen molar-refractivity contribution in [3.63, 3.8) is 0 Å². The molecule has 0 rings (SSSR count). The fourth-order valence-corrected chi connectivity index (χ4v) is 1.19. The summed E-state index contributed by atoms with van der Waals surface area (Å²) in [7, 11) is 1.89. The van der Waals surface area contributed by atoms with Crippen LogP contribution in [0.4, 0.5) is 0 Å². The Labute approximate surface area is 90.8 Å². The van der Waals surface area contributed by atoms with Crippen molar-refractivity contribution in [2.75, 3.05) is 20.1 Å². The molecule has 0 saturated carbocycles. The molecule has 0 amide bonds. The molecule has 0 radical (unpaired) electrons. The van der Waals surface area contributed by atoms with Crippen molar-refractivity contribution in [2.24, 2.45) is 0 Å². The molecule has 76 valence electrons. The summed E-state index contributed by atoms with van der Waals surface area (Å²) in [5.74, 6) is 0. The summed E-state index contributed by atoms with van der Waals surface area (Å²) in [5.41, 5.74) is 1.05. The Bertz CT molecular complexity index is 284. The first-order valence-corrected chi connectivity index (χ1v) is 4.71. The fraction of sp³-hybridized carbons (Fsp3) is 0.364. The Morgan fingerprint density at radius 3 is 2.71 bits per heavy atom. The van der Waals surface area contributed by atoms with Crippen LogP contribution in [0.15, 0.2) is 35.4 Å². The van der Waals surface area contributed by atoms with Gasteiger partial charge in [-0.2, -0.15) is 5.26 Å². The standard InChI is InChI=1S/C11H15ClN2/c1-4-5-11(8-10(2)12)9-14(3)7-6-13/h4-5,8H,2,7,9H2,1,3H3/b5-4-,11-8+. The third kappa shape index (κ3) is 6.47. The largest absolute Gasteiger partial charge is 0.289 e. The first kappa shape index (κ1) is 13.0.